The normalized spacial score (nSPS) is 18.5. The van der Waals surface area contributed by atoms with Gasteiger partial charge in [-0.25, -0.2) is 9.18 Å². The van der Waals surface area contributed by atoms with E-state index in [2.05, 4.69) is 16.0 Å². The van der Waals surface area contributed by atoms with E-state index < -0.39 is 0 Å². The second kappa shape index (κ2) is 9.35. The molecule has 1 fully saturated rings. The van der Waals surface area contributed by atoms with Crippen LogP contribution >= 0.6 is 0 Å². The van der Waals surface area contributed by atoms with Crippen LogP contribution in [0.2, 0.25) is 0 Å². The minimum atomic E-state index is -0.243. The molecule has 0 saturated heterocycles. The van der Waals surface area contributed by atoms with Crippen molar-refractivity contribution in [2.75, 3.05) is 12.4 Å². The zero-order valence-corrected chi connectivity index (χ0v) is 16.0. The lowest BCUT2D eigenvalue weighted by atomic mass is 9.94. The van der Waals surface area contributed by atoms with Crippen LogP contribution in [0, 0.1) is 11.7 Å². The molecule has 5 nitrogen and oxygen atoms in total. The van der Waals surface area contributed by atoms with Crippen LogP contribution < -0.4 is 16.0 Å². The Bertz CT molecular complexity index is 823. The zero-order chi connectivity index (χ0) is 19.9. The van der Waals surface area contributed by atoms with Gasteiger partial charge in [0.2, 0.25) is 5.91 Å². The molecule has 0 bridgehead atoms. The maximum absolute atomic E-state index is 13.1. The van der Waals surface area contributed by atoms with Gasteiger partial charge in [-0.2, -0.15) is 0 Å². The predicted molar refractivity (Wildman–Crippen MR) is 108 cm³/mol. The van der Waals surface area contributed by atoms with Crippen LogP contribution in [0.4, 0.5) is 14.9 Å². The minimum absolute atomic E-state index is 0.0730. The van der Waals surface area contributed by atoms with Crippen molar-refractivity contribution in [3.05, 3.63) is 65.5 Å². The first kappa shape index (κ1) is 19.9. The summed E-state index contributed by atoms with van der Waals surface area (Å²) in [5, 5.41) is 8.53. The number of rotatable bonds is 6. The summed E-state index contributed by atoms with van der Waals surface area (Å²) in [4.78, 5) is 24.0. The summed E-state index contributed by atoms with van der Waals surface area (Å²) in [5.74, 6) is 0.0369. The highest BCUT2D eigenvalue weighted by Crippen LogP contribution is 2.29. The summed E-state index contributed by atoms with van der Waals surface area (Å²) < 4.78 is 13.1. The summed E-state index contributed by atoms with van der Waals surface area (Å²) >= 11 is 0. The van der Waals surface area contributed by atoms with E-state index in [0.717, 1.165) is 36.8 Å². The van der Waals surface area contributed by atoms with Gasteiger partial charge in [0, 0.05) is 18.8 Å². The molecule has 2 aromatic carbocycles. The Hall–Kier alpha value is -2.89. The predicted octanol–water partition coefficient (Wildman–Crippen LogP) is 3.65. The lowest BCUT2D eigenvalue weighted by molar-refractivity contribution is -0.119. The van der Waals surface area contributed by atoms with E-state index in [-0.39, 0.29) is 30.2 Å². The molecule has 0 aliphatic heterocycles. The molecule has 0 unspecified atom stereocenters. The number of carbonyl (C=O) groups excluding carboxylic acids is 2. The third-order valence-corrected chi connectivity index (χ3v) is 5.22. The first-order chi connectivity index (χ1) is 13.5. The molecule has 148 valence electrons. The van der Waals surface area contributed by atoms with Gasteiger partial charge < -0.3 is 16.0 Å². The van der Waals surface area contributed by atoms with E-state index in [0.29, 0.717) is 11.6 Å². The summed E-state index contributed by atoms with van der Waals surface area (Å²) in [5.41, 5.74) is 2.58. The highest BCUT2D eigenvalue weighted by atomic mass is 19.1. The van der Waals surface area contributed by atoms with Gasteiger partial charge in [0.25, 0.3) is 0 Å². The lowest BCUT2D eigenvalue weighted by Crippen LogP contribution is -2.40. The van der Waals surface area contributed by atoms with Crippen molar-refractivity contribution in [2.24, 2.45) is 5.92 Å². The van der Waals surface area contributed by atoms with Gasteiger partial charge in [-0.15, -0.1) is 0 Å². The smallest absolute Gasteiger partial charge is 0.319 e. The van der Waals surface area contributed by atoms with Gasteiger partial charge in [-0.3, -0.25) is 4.79 Å². The summed E-state index contributed by atoms with van der Waals surface area (Å²) in [6.45, 7) is 0. The Kier molecular flexibility index (Phi) is 6.63. The first-order valence-corrected chi connectivity index (χ1v) is 9.65. The number of benzene rings is 2. The molecule has 3 amide bonds. The van der Waals surface area contributed by atoms with Crippen LogP contribution in [0.25, 0.3) is 0 Å². The monoisotopic (exact) mass is 383 g/mol. The van der Waals surface area contributed by atoms with Crippen molar-refractivity contribution in [1.82, 2.24) is 10.6 Å². The lowest BCUT2D eigenvalue weighted by Gasteiger charge is -2.21. The Morgan fingerprint density at radius 2 is 1.86 bits per heavy atom. The molecule has 2 aromatic rings. The van der Waals surface area contributed by atoms with Crippen molar-refractivity contribution in [1.29, 1.82) is 0 Å². The number of nitrogens with one attached hydrogen (secondary N) is 3. The van der Waals surface area contributed by atoms with Crippen LogP contribution in [-0.4, -0.2) is 25.0 Å². The van der Waals surface area contributed by atoms with Gasteiger partial charge in [0.15, 0.2) is 0 Å². The van der Waals surface area contributed by atoms with E-state index >= 15 is 0 Å². The molecule has 0 heterocycles. The molecular formula is C22H26FN3O2. The summed E-state index contributed by atoms with van der Waals surface area (Å²) in [6.07, 6.45) is 4.15. The molecule has 2 atom stereocenters. The van der Waals surface area contributed by atoms with Crippen molar-refractivity contribution >= 4 is 17.6 Å². The maximum Gasteiger partial charge on any atom is 0.319 e. The van der Waals surface area contributed by atoms with Crippen LogP contribution in [0.3, 0.4) is 0 Å². The highest BCUT2D eigenvalue weighted by molar-refractivity contribution is 5.89. The molecule has 1 aliphatic carbocycles. The van der Waals surface area contributed by atoms with E-state index in [9.17, 15) is 14.0 Å². The maximum atomic E-state index is 13.1. The Balaban J connectivity index is 1.55. The quantitative estimate of drug-likeness (QED) is 0.713. The number of halogens is 1. The Morgan fingerprint density at radius 1 is 1.07 bits per heavy atom. The van der Waals surface area contributed by atoms with Crippen molar-refractivity contribution in [3.8, 4) is 0 Å². The van der Waals surface area contributed by atoms with Crippen LogP contribution in [0.5, 0.6) is 0 Å². The standard InChI is InChI=1S/C22H26FN3O2/c1-24-21(27)14-16-4-2-6-19(13-16)25-22(28)26-20-7-3-5-17(20)12-15-8-10-18(23)11-9-15/h2,4,6,8-11,13,17,20H,3,5,7,12,14H2,1H3,(H,24,27)(H2,25,26,28)/t17-,20-/m0/s1. The van der Waals surface area contributed by atoms with Gasteiger partial charge in [-0.1, -0.05) is 30.7 Å². The van der Waals surface area contributed by atoms with Crippen LogP contribution in [-0.2, 0) is 17.6 Å². The second-order valence-corrected chi connectivity index (χ2v) is 7.28. The zero-order valence-electron chi connectivity index (χ0n) is 16.0. The van der Waals surface area contributed by atoms with E-state index in [1.807, 2.05) is 24.3 Å². The average molecular weight is 383 g/mol. The molecule has 0 radical (unpaired) electrons. The largest absolute Gasteiger partial charge is 0.359 e. The Morgan fingerprint density at radius 3 is 2.61 bits per heavy atom. The van der Waals surface area contributed by atoms with Crippen molar-refractivity contribution in [3.63, 3.8) is 0 Å². The van der Waals surface area contributed by atoms with Gasteiger partial charge in [0.1, 0.15) is 5.82 Å². The molecule has 0 spiro atoms. The fourth-order valence-electron chi connectivity index (χ4n) is 3.76. The van der Waals surface area contributed by atoms with Crippen LogP contribution in [0.15, 0.2) is 48.5 Å². The summed E-state index contributed by atoms with van der Waals surface area (Å²) in [6, 6.07) is 13.7. The molecule has 1 saturated carbocycles. The number of hydrogen-bond donors (Lipinski definition) is 3. The number of urea groups is 1. The van der Waals surface area contributed by atoms with Crippen LogP contribution in [0.1, 0.15) is 30.4 Å². The third kappa shape index (κ3) is 5.55. The fourth-order valence-corrected chi connectivity index (χ4v) is 3.76. The molecule has 3 N–H and O–H groups in total. The number of anilines is 1. The molecule has 28 heavy (non-hydrogen) atoms. The number of likely N-dealkylation sites (N-methyl/N-ethyl adjacent to an activating group) is 1. The van der Waals surface area contributed by atoms with Crippen molar-refractivity contribution < 1.29 is 14.0 Å². The summed E-state index contributed by atoms with van der Waals surface area (Å²) in [7, 11) is 1.60. The third-order valence-electron chi connectivity index (χ3n) is 5.22. The van der Waals surface area contributed by atoms with E-state index in [1.165, 1.54) is 12.1 Å². The molecule has 0 aromatic heterocycles. The molecular weight excluding hydrogens is 357 g/mol. The van der Waals surface area contributed by atoms with E-state index in [1.54, 1.807) is 19.2 Å². The van der Waals surface area contributed by atoms with Gasteiger partial charge in [-0.05, 0) is 60.6 Å². The first-order valence-electron chi connectivity index (χ1n) is 9.65. The number of hydrogen-bond acceptors (Lipinski definition) is 2. The van der Waals surface area contributed by atoms with E-state index in [4.69, 9.17) is 0 Å². The second-order valence-electron chi connectivity index (χ2n) is 7.28. The number of amides is 3. The van der Waals surface area contributed by atoms with Crippen molar-refractivity contribution in [2.45, 2.75) is 38.1 Å². The average Bonchev–Trinajstić information content (AvgIpc) is 3.10. The van der Waals surface area contributed by atoms with Gasteiger partial charge in [0.05, 0.1) is 6.42 Å². The van der Waals surface area contributed by atoms with Gasteiger partial charge >= 0.3 is 6.03 Å². The number of carbonyl (C=O) groups is 2. The minimum Gasteiger partial charge on any atom is -0.359 e. The molecule has 6 heteroatoms. The topological polar surface area (TPSA) is 70.2 Å². The Labute approximate surface area is 164 Å². The fraction of sp³-hybridized carbons (Fsp3) is 0.364. The molecule has 3 rings (SSSR count). The molecule has 1 aliphatic rings. The highest BCUT2D eigenvalue weighted by Gasteiger charge is 2.28. The SMILES string of the molecule is CNC(=O)Cc1cccc(NC(=O)N[C@H]2CCC[C@H]2Cc2ccc(F)cc2)c1.